The van der Waals surface area contributed by atoms with Crippen molar-refractivity contribution in [2.24, 2.45) is 11.8 Å². The van der Waals surface area contributed by atoms with E-state index < -0.39 is 0 Å². The molecule has 0 spiro atoms. The molecule has 0 unspecified atom stereocenters. The number of hydrogen-bond acceptors (Lipinski definition) is 4. The van der Waals surface area contributed by atoms with Crippen LogP contribution < -0.4 is 10.6 Å². The van der Waals surface area contributed by atoms with Crippen molar-refractivity contribution in [3.8, 4) is 0 Å². The van der Waals surface area contributed by atoms with E-state index in [1.807, 2.05) is 4.90 Å². The Balaban J connectivity index is 1.34. The van der Waals surface area contributed by atoms with Crippen LogP contribution in [0.1, 0.15) is 30.4 Å². The van der Waals surface area contributed by atoms with E-state index in [1.54, 1.807) is 0 Å². The van der Waals surface area contributed by atoms with Crippen molar-refractivity contribution >= 4 is 11.8 Å². The first kappa shape index (κ1) is 19.4. The molecule has 6 nitrogen and oxygen atoms in total. The zero-order valence-corrected chi connectivity index (χ0v) is 16.7. The third kappa shape index (κ3) is 4.39. The van der Waals surface area contributed by atoms with Gasteiger partial charge in [0.2, 0.25) is 11.8 Å². The molecule has 1 aromatic carbocycles. The van der Waals surface area contributed by atoms with E-state index in [0.717, 1.165) is 19.3 Å². The molecule has 2 N–H and O–H groups in total. The highest BCUT2D eigenvalue weighted by molar-refractivity contribution is 5.83. The smallest absolute Gasteiger partial charge is 0.227 e. The molecule has 1 aliphatic carbocycles. The summed E-state index contributed by atoms with van der Waals surface area (Å²) in [5.41, 5.74) is 2.49. The van der Waals surface area contributed by atoms with Crippen LogP contribution in [0.25, 0.3) is 0 Å². The van der Waals surface area contributed by atoms with E-state index in [2.05, 4.69) is 41.8 Å². The van der Waals surface area contributed by atoms with Crippen molar-refractivity contribution in [1.29, 1.82) is 0 Å². The minimum atomic E-state index is -0.141. The maximum atomic E-state index is 13.0. The first-order valence-electron chi connectivity index (χ1n) is 10.5. The Bertz CT molecular complexity index is 725. The van der Waals surface area contributed by atoms with Gasteiger partial charge in [-0.1, -0.05) is 24.3 Å². The molecule has 3 fully saturated rings. The topological polar surface area (TPSA) is 70.7 Å². The average Bonchev–Trinajstić information content (AvgIpc) is 3.49. The number of hydrogen-bond donors (Lipinski definition) is 2. The molecule has 6 heteroatoms. The van der Waals surface area contributed by atoms with Gasteiger partial charge in [-0.25, -0.2) is 0 Å². The monoisotopic (exact) mass is 385 g/mol. The quantitative estimate of drug-likeness (QED) is 0.801. The lowest BCUT2D eigenvalue weighted by atomic mass is 9.88. The molecule has 2 atom stereocenters. The van der Waals surface area contributed by atoms with Crippen molar-refractivity contribution in [1.82, 2.24) is 15.5 Å². The normalized spacial score (nSPS) is 26.5. The third-order valence-electron chi connectivity index (χ3n) is 6.43. The maximum Gasteiger partial charge on any atom is 0.227 e. The van der Waals surface area contributed by atoms with Crippen LogP contribution in [0.3, 0.4) is 0 Å². The predicted molar refractivity (Wildman–Crippen MR) is 107 cm³/mol. The number of benzene rings is 1. The second-order valence-corrected chi connectivity index (χ2v) is 8.60. The van der Waals surface area contributed by atoms with Crippen molar-refractivity contribution in [3.05, 3.63) is 35.4 Å². The lowest BCUT2D eigenvalue weighted by molar-refractivity contribution is -0.141. The second-order valence-electron chi connectivity index (χ2n) is 8.60. The molecule has 28 heavy (non-hydrogen) atoms. The van der Waals surface area contributed by atoms with Crippen molar-refractivity contribution in [2.75, 3.05) is 39.4 Å². The number of aryl methyl sites for hydroxylation is 1. The minimum Gasteiger partial charge on any atom is -0.378 e. The molecule has 0 radical (unpaired) electrons. The molecule has 2 heterocycles. The van der Waals surface area contributed by atoms with Gasteiger partial charge in [-0.05, 0) is 43.7 Å². The van der Waals surface area contributed by atoms with E-state index in [-0.39, 0.29) is 29.2 Å². The van der Waals surface area contributed by atoms with Gasteiger partial charge in [-0.15, -0.1) is 0 Å². The van der Waals surface area contributed by atoms with Gasteiger partial charge in [0.25, 0.3) is 0 Å². The number of nitrogens with one attached hydrogen (secondary N) is 2. The fourth-order valence-corrected chi connectivity index (χ4v) is 4.40. The largest absolute Gasteiger partial charge is 0.378 e. The zero-order chi connectivity index (χ0) is 19.6. The Morgan fingerprint density at radius 1 is 1.18 bits per heavy atom. The molecule has 2 saturated heterocycles. The van der Waals surface area contributed by atoms with Crippen LogP contribution in [0.4, 0.5) is 0 Å². The van der Waals surface area contributed by atoms with Crippen LogP contribution in [0, 0.1) is 18.8 Å². The Kier molecular flexibility index (Phi) is 5.69. The summed E-state index contributed by atoms with van der Waals surface area (Å²) in [5, 5.41) is 6.64. The summed E-state index contributed by atoms with van der Waals surface area (Å²) < 4.78 is 5.34. The fraction of sp³-hybridized carbons (Fsp3) is 0.636. The van der Waals surface area contributed by atoms with Gasteiger partial charge in [0.15, 0.2) is 0 Å². The molecular formula is C22H31N3O3. The number of carbonyl (C=O) groups is 2. The van der Waals surface area contributed by atoms with Crippen LogP contribution in [0.15, 0.2) is 24.3 Å². The second kappa shape index (κ2) is 8.21. The number of carbonyl (C=O) groups excluding carboxylic acids is 2. The highest BCUT2D eigenvalue weighted by atomic mass is 16.5. The Morgan fingerprint density at radius 3 is 2.61 bits per heavy atom. The minimum absolute atomic E-state index is 0.0929. The molecule has 4 rings (SSSR count). The summed E-state index contributed by atoms with van der Waals surface area (Å²) in [6.07, 6.45) is 3.59. The summed E-state index contributed by atoms with van der Waals surface area (Å²) >= 11 is 0. The number of rotatable bonds is 5. The van der Waals surface area contributed by atoms with Gasteiger partial charge >= 0.3 is 0 Å². The molecule has 3 aliphatic rings. The predicted octanol–water partition coefficient (Wildman–Crippen LogP) is 1.27. The number of nitrogens with zero attached hydrogens (tertiary/aromatic N) is 1. The molecule has 0 bridgehead atoms. The summed E-state index contributed by atoms with van der Waals surface area (Å²) in [6, 6.07) is 8.39. The van der Waals surface area contributed by atoms with Gasteiger partial charge in [-0.3, -0.25) is 9.59 Å². The standard InChI is InChI=1S/C22H31N3O3/c1-16-4-2-3-5-17(16)13-22(6-7-22)24-20(26)18-12-19(15-23-14-18)21(27)25-8-10-28-11-9-25/h2-5,18-19,23H,6-15H2,1H3,(H,24,26)/t18-,19-/m0/s1. The molecule has 0 aromatic heterocycles. The molecular weight excluding hydrogens is 354 g/mol. The van der Waals surface area contributed by atoms with Crippen LogP contribution >= 0.6 is 0 Å². The van der Waals surface area contributed by atoms with E-state index in [9.17, 15) is 9.59 Å². The highest BCUT2D eigenvalue weighted by Crippen LogP contribution is 2.39. The summed E-state index contributed by atoms with van der Waals surface area (Å²) in [6.45, 7) is 5.97. The molecule has 2 amide bonds. The molecule has 2 aliphatic heterocycles. The van der Waals surface area contributed by atoms with Gasteiger partial charge in [0.05, 0.1) is 25.0 Å². The van der Waals surface area contributed by atoms with E-state index in [0.29, 0.717) is 45.8 Å². The van der Waals surface area contributed by atoms with Crippen molar-refractivity contribution < 1.29 is 14.3 Å². The highest BCUT2D eigenvalue weighted by Gasteiger charge is 2.45. The molecule has 1 aromatic rings. The fourth-order valence-electron chi connectivity index (χ4n) is 4.40. The van der Waals surface area contributed by atoms with Crippen LogP contribution in [0.2, 0.25) is 0 Å². The van der Waals surface area contributed by atoms with E-state index in [4.69, 9.17) is 4.74 Å². The SMILES string of the molecule is Cc1ccccc1CC1(NC(=O)[C@@H]2CNC[C@@H](C(=O)N3CCOCC3)C2)CC1. The average molecular weight is 386 g/mol. The number of ether oxygens (including phenoxy) is 1. The van der Waals surface area contributed by atoms with Crippen LogP contribution in [-0.4, -0.2) is 61.6 Å². The van der Waals surface area contributed by atoms with Gasteiger partial charge in [0, 0.05) is 31.7 Å². The lowest BCUT2D eigenvalue weighted by Crippen LogP contribution is -2.52. The molecule has 1 saturated carbocycles. The van der Waals surface area contributed by atoms with E-state index >= 15 is 0 Å². The van der Waals surface area contributed by atoms with Gasteiger partial charge in [0.1, 0.15) is 0 Å². The summed E-state index contributed by atoms with van der Waals surface area (Å²) in [7, 11) is 0. The van der Waals surface area contributed by atoms with Gasteiger partial charge in [-0.2, -0.15) is 0 Å². The zero-order valence-electron chi connectivity index (χ0n) is 16.7. The maximum absolute atomic E-state index is 13.0. The first-order chi connectivity index (χ1) is 13.6. The van der Waals surface area contributed by atoms with Crippen molar-refractivity contribution in [2.45, 2.75) is 38.1 Å². The van der Waals surface area contributed by atoms with Crippen LogP contribution in [-0.2, 0) is 20.7 Å². The summed E-state index contributed by atoms with van der Waals surface area (Å²) in [5.74, 6) is -0.000357. The number of morpholine rings is 1. The Morgan fingerprint density at radius 2 is 1.89 bits per heavy atom. The Hall–Kier alpha value is -1.92. The number of amides is 2. The Labute approximate surface area is 167 Å². The van der Waals surface area contributed by atoms with Gasteiger partial charge < -0.3 is 20.3 Å². The summed E-state index contributed by atoms with van der Waals surface area (Å²) in [4.78, 5) is 27.7. The van der Waals surface area contributed by atoms with Crippen LogP contribution in [0.5, 0.6) is 0 Å². The van der Waals surface area contributed by atoms with E-state index in [1.165, 1.54) is 11.1 Å². The number of piperidine rings is 1. The lowest BCUT2D eigenvalue weighted by Gasteiger charge is -2.35. The first-order valence-corrected chi connectivity index (χ1v) is 10.5. The van der Waals surface area contributed by atoms with Crippen molar-refractivity contribution in [3.63, 3.8) is 0 Å². The molecule has 152 valence electrons. The third-order valence-corrected chi connectivity index (χ3v) is 6.43.